The number of benzene rings is 1. The Bertz CT molecular complexity index is 505. The topological polar surface area (TPSA) is 53.2 Å². The lowest BCUT2D eigenvalue weighted by atomic mass is 9.89. The molecule has 2 fully saturated rings. The predicted octanol–water partition coefficient (Wildman–Crippen LogP) is 2.66. The molecule has 4 heteroatoms. The summed E-state index contributed by atoms with van der Waals surface area (Å²) in [5.41, 5.74) is 2.12. The monoisotopic (exact) mass is 301 g/mol. The van der Waals surface area contributed by atoms with Gasteiger partial charge in [0.05, 0.1) is 0 Å². The molecule has 3 N–H and O–H groups in total. The first-order chi connectivity index (χ1) is 10.7. The number of rotatable bonds is 6. The second-order valence-corrected chi connectivity index (χ2v) is 6.71. The van der Waals surface area contributed by atoms with Crippen LogP contribution in [0, 0.1) is 5.92 Å². The summed E-state index contributed by atoms with van der Waals surface area (Å²) in [5.74, 6) is 0.704. The summed E-state index contributed by atoms with van der Waals surface area (Å²) < 4.78 is 0. The van der Waals surface area contributed by atoms with Gasteiger partial charge in [0, 0.05) is 30.7 Å². The molecule has 2 aliphatic heterocycles. The lowest BCUT2D eigenvalue weighted by Gasteiger charge is -2.28. The third kappa shape index (κ3) is 4.08. The van der Waals surface area contributed by atoms with Crippen LogP contribution in [0.3, 0.4) is 0 Å². The minimum atomic E-state index is 0.159. The van der Waals surface area contributed by atoms with Crippen LogP contribution in [-0.2, 0) is 11.3 Å². The third-order valence-electron chi connectivity index (χ3n) is 4.83. The minimum Gasteiger partial charge on any atom is -0.326 e. The van der Waals surface area contributed by atoms with E-state index in [1.807, 2.05) is 12.1 Å². The van der Waals surface area contributed by atoms with Crippen LogP contribution in [-0.4, -0.2) is 24.5 Å². The average Bonchev–Trinajstić information content (AvgIpc) is 2.84. The van der Waals surface area contributed by atoms with Crippen LogP contribution in [0.4, 0.5) is 5.69 Å². The molecule has 0 spiro atoms. The number of hydrogen-bond donors (Lipinski definition) is 3. The first-order valence-corrected chi connectivity index (χ1v) is 8.58. The Morgan fingerprint density at radius 2 is 2.05 bits per heavy atom. The van der Waals surface area contributed by atoms with Gasteiger partial charge in [-0.15, -0.1) is 0 Å². The summed E-state index contributed by atoms with van der Waals surface area (Å²) in [6.45, 7) is 3.89. The van der Waals surface area contributed by atoms with Crippen molar-refractivity contribution in [3.63, 3.8) is 0 Å². The number of amides is 1. The molecular weight excluding hydrogens is 274 g/mol. The van der Waals surface area contributed by atoms with Crippen molar-refractivity contribution in [1.82, 2.24) is 10.6 Å². The molecule has 2 bridgehead atoms. The normalized spacial score (nSPS) is 26.9. The Hall–Kier alpha value is -1.39. The van der Waals surface area contributed by atoms with Crippen molar-refractivity contribution >= 4 is 11.6 Å². The summed E-state index contributed by atoms with van der Waals surface area (Å²) in [7, 11) is 0. The Morgan fingerprint density at radius 1 is 1.27 bits per heavy atom. The van der Waals surface area contributed by atoms with Gasteiger partial charge in [0.25, 0.3) is 0 Å². The number of hydrogen-bond acceptors (Lipinski definition) is 3. The van der Waals surface area contributed by atoms with E-state index >= 15 is 0 Å². The number of anilines is 1. The third-order valence-corrected chi connectivity index (χ3v) is 4.83. The fourth-order valence-corrected chi connectivity index (χ4v) is 3.84. The van der Waals surface area contributed by atoms with Crippen molar-refractivity contribution in [3.05, 3.63) is 29.8 Å². The quantitative estimate of drug-likeness (QED) is 0.757. The van der Waals surface area contributed by atoms with E-state index in [1.165, 1.54) is 18.4 Å². The van der Waals surface area contributed by atoms with Gasteiger partial charge in [-0.05, 0) is 55.8 Å². The predicted molar refractivity (Wildman–Crippen MR) is 89.7 cm³/mol. The molecular formula is C18H27N3O. The van der Waals surface area contributed by atoms with Gasteiger partial charge < -0.3 is 16.0 Å². The number of carbonyl (C=O) groups is 1. The van der Waals surface area contributed by atoms with Gasteiger partial charge in [-0.2, -0.15) is 0 Å². The molecule has 2 unspecified atom stereocenters. The van der Waals surface area contributed by atoms with E-state index in [-0.39, 0.29) is 5.91 Å². The van der Waals surface area contributed by atoms with E-state index in [9.17, 15) is 4.79 Å². The van der Waals surface area contributed by atoms with Gasteiger partial charge in [-0.3, -0.25) is 4.79 Å². The molecule has 1 amide bonds. The van der Waals surface area contributed by atoms with Crippen LogP contribution >= 0.6 is 0 Å². The van der Waals surface area contributed by atoms with Gasteiger partial charge in [-0.1, -0.05) is 19.1 Å². The maximum atomic E-state index is 12.3. The largest absolute Gasteiger partial charge is 0.326 e. The maximum absolute atomic E-state index is 12.3. The highest BCUT2D eigenvalue weighted by Crippen LogP contribution is 2.32. The van der Waals surface area contributed by atoms with Crippen LogP contribution in [0.1, 0.15) is 44.6 Å². The number of nitrogens with one attached hydrogen (secondary N) is 3. The summed E-state index contributed by atoms with van der Waals surface area (Å²) >= 11 is 0. The van der Waals surface area contributed by atoms with Gasteiger partial charge in [0.2, 0.25) is 5.91 Å². The highest BCUT2D eigenvalue weighted by Gasteiger charge is 2.34. The highest BCUT2D eigenvalue weighted by atomic mass is 16.1. The SMILES string of the molecule is CCNCc1cccc(NC(=O)CC2CC3CCC(C2)N3)c1. The zero-order valence-electron chi connectivity index (χ0n) is 13.4. The Balaban J connectivity index is 1.51. The van der Waals surface area contributed by atoms with Crippen LogP contribution in [0.5, 0.6) is 0 Å². The first-order valence-electron chi connectivity index (χ1n) is 8.58. The summed E-state index contributed by atoms with van der Waals surface area (Å²) in [4.78, 5) is 12.3. The molecule has 4 nitrogen and oxygen atoms in total. The molecule has 120 valence electrons. The zero-order chi connectivity index (χ0) is 15.4. The van der Waals surface area contributed by atoms with E-state index < -0.39 is 0 Å². The average molecular weight is 301 g/mol. The fraction of sp³-hybridized carbons (Fsp3) is 0.611. The highest BCUT2D eigenvalue weighted by molar-refractivity contribution is 5.90. The number of fused-ring (bicyclic) bond motifs is 2. The van der Waals surface area contributed by atoms with E-state index in [2.05, 4.69) is 35.0 Å². The van der Waals surface area contributed by atoms with Crippen molar-refractivity contribution in [2.75, 3.05) is 11.9 Å². The van der Waals surface area contributed by atoms with E-state index in [0.717, 1.165) is 31.6 Å². The van der Waals surface area contributed by atoms with Crippen molar-refractivity contribution < 1.29 is 4.79 Å². The Labute approximate surface area is 133 Å². The van der Waals surface area contributed by atoms with Crippen LogP contribution < -0.4 is 16.0 Å². The summed E-state index contributed by atoms with van der Waals surface area (Å²) in [6.07, 6.45) is 5.55. The van der Waals surface area contributed by atoms with Crippen molar-refractivity contribution in [2.45, 2.75) is 57.7 Å². The van der Waals surface area contributed by atoms with Crippen LogP contribution in [0.25, 0.3) is 0 Å². The van der Waals surface area contributed by atoms with Crippen molar-refractivity contribution in [2.24, 2.45) is 5.92 Å². The zero-order valence-corrected chi connectivity index (χ0v) is 13.4. The van der Waals surface area contributed by atoms with Crippen LogP contribution in [0.2, 0.25) is 0 Å². The summed E-state index contributed by atoms with van der Waals surface area (Å²) in [5, 5.41) is 10.0. The van der Waals surface area contributed by atoms with Crippen LogP contribution in [0.15, 0.2) is 24.3 Å². The smallest absolute Gasteiger partial charge is 0.224 e. The first kappa shape index (κ1) is 15.5. The molecule has 3 rings (SSSR count). The molecule has 0 aliphatic carbocycles. The number of piperidine rings is 1. The molecule has 2 aliphatic rings. The standard InChI is InChI=1S/C18H27N3O/c1-2-19-12-13-4-3-5-15(8-13)21-18(22)11-14-9-16-6-7-17(10-14)20-16/h3-5,8,14,16-17,19-20H,2,6-7,9-12H2,1H3,(H,21,22). The van der Waals surface area contributed by atoms with Crippen molar-refractivity contribution in [3.8, 4) is 0 Å². The van der Waals surface area contributed by atoms with Crippen molar-refractivity contribution in [1.29, 1.82) is 0 Å². The van der Waals surface area contributed by atoms with E-state index in [1.54, 1.807) is 0 Å². The van der Waals surface area contributed by atoms with Gasteiger partial charge in [-0.25, -0.2) is 0 Å². The molecule has 0 aromatic heterocycles. The lowest BCUT2D eigenvalue weighted by molar-refractivity contribution is -0.117. The molecule has 22 heavy (non-hydrogen) atoms. The molecule has 1 aromatic rings. The second-order valence-electron chi connectivity index (χ2n) is 6.71. The minimum absolute atomic E-state index is 0.159. The second kappa shape index (κ2) is 7.25. The molecule has 2 atom stereocenters. The fourth-order valence-electron chi connectivity index (χ4n) is 3.84. The Kier molecular flexibility index (Phi) is 5.11. The summed E-state index contributed by atoms with van der Waals surface area (Å²) in [6, 6.07) is 9.43. The van der Waals surface area contributed by atoms with E-state index in [4.69, 9.17) is 0 Å². The Morgan fingerprint density at radius 3 is 2.77 bits per heavy atom. The van der Waals surface area contributed by atoms with Gasteiger partial charge in [0.15, 0.2) is 0 Å². The molecule has 2 heterocycles. The lowest BCUT2D eigenvalue weighted by Crippen LogP contribution is -2.39. The maximum Gasteiger partial charge on any atom is 0.224 e. The molecule has 0 saturated carbocycles. The van der Waals surface area contributed by atoms with E-state index in [0.29, 0.717) is 24.4 Å². The number of carbonyl (C=O) groups excluding carboxylic acids is 1. The van der Waals surface area contributed by atoms with Gasteiger partial charge >= 0.3 is 0 Å². The molecule has 1 aromatic carbocycles. The molecule has 0 radical (unpaired) electrons. The molecule has 2 saturated heterocycles. The van der Waals surface area contributed by atoms with Gasteiger partial charge in [0.1, 0.15) is 0 Å².